The van der Waals surface area contributed by atoms with Crippen molar-refractivity contribution in [2.75, 3.05) is 5.75 Å². The quantitative estimate of drug-likeness (QED) is 0.155. The van der Waals surface area contributed by atoms with Crippen molar-refractivity contribution in [1.82, 2.24) is 20.9 Å². The first kappa shape index (κ1) is 29.6. The minimum absolute atomic E-state index is 0.0411. The maximum absolute atomic E-state index is 13.1. The van der Waals surface area contributed by atoms with Crippen molar-refractivity contribution in [3.63, 3.8) is 0 Å². The van der Waals surface area contributed by atoms with Crippen molar-refractivity contribution >= 4 is 53.2 Å². The number of para-hydroxylation sites is 1. The Kier molecular flexibility index (Phi) is 10.9. The number of thiol groups is 1. The molecule has 202 valence electrons. The first-order valence-corrected chi connectivity index (χ1v) is 12.4. The average molecular weight is 536 g/mol. The minimum atomic E-state index is -1.71. The number of aromatic amines is 1. The Bertz CT molecular complexity index is 1140. The summed E-state index contributed by atoms with van der Waals surface area (Å²) in [5.41, 5.74) is 7.40. The Hall–Kier alpha value is -3.58. The summed E-state index contributed by atoms with van der Waals surface area (Å²) in [6, 6.07) is 2.29. The topological polar surface area (TPSA) is 204 Å². The lowest BCUT2D eigenvalue weighted by Crippen LogP contribution is -2.58. The molecule has 37 heavy (non-hydrogen) atoms. The van der Waals surface area contributed by atoms with Gasteiger partial charge in [0.1, 0.15) is 18.1 Å². The second kappa shape index (κ2) is 13.7. The highest BCUT2D eigenvalue weighted by molar-refractivity contribution is 7.80. The molecular formula is C24H33N5O7S. The van der Waals surface area contributed by atoms with Crippen LogP contribution in [0.15, 0.2) is 30.5 Å². The summed E-state index contributed by atoms with van der Waals surface area (Å²) >= 11 is 4.14. The van der Waals surface area contributed by atoms with Crippen molar-refractivity contribution in [3.05, 3.63) is 36.0 Å². The van der Waals surface area contributed by atoms with Crippen LogP contribution in [-0.2, 0) is 30.4 Å². The van der Waals surface area contributed by atoms with Crippen LogP contribution in [0.4, 0.5) is 0 Å². The molecule has 12 nitrogen and oxygen atoms in total. The average Bonchev–Trinajstić information content (AvgIpc) is 3.27. The van der Waals surface area contributed by atoms with Gasteiger partial charge in [0.05, 0.1) is 12.5 Å². The van der Waals surface area contributed by atoms with Gasteiger partial charge >= 0.3 is 11.9 Å². The van der Waals surface area contributed by atoms with Gasteiger partial charge in [-0.1, -0.05) is 38.5 Å². The number of aromatic nitrogens is 1. The van der Waals surface area contributed by atoms with E-state index in [1.807, 2.05) is 25.1 Å². The molecule has 5 unspecified atom stereocenters. The lowest BCUT2D eigenvalue weighted by molar-refractivity contribution is -0.147. The molecule has 1 aromatic carbocycles. The predicted molar refractivity (Wildman–Crippen MR) is 139 cm³/mol. The third-order valence-electron chi connectivity index (χ3n) is 6.10. The molecule has 5 atom stereocenters. The van der Waals surface area contributed by atoms with Gasteiger partial charge in [-0.15, -0.1) is 0 Å². The highest BCUT2D eigenvalue weighted by Crippen LogP contribution is 2.19. The summed E-state index contributed by atoms with van der Waals surface area (Å²) in [6.07, 6.45) is 1.42. The van der Waals surface area contributed by atoms with E-state index in [0.717, 1.165) is 10.9 Å². The van der Waals surface area contributed by atoms with Crippen LogP contribution in [0, 0.1) is 5.92 Å². The van der Waals surface area contributed by atoms with E-state index in [-0.39, 0.29) is 18.1 Å². The van der Waals surface area contributed by atoms with Crippen LogP contribution in [-0.4, -0.2) is 74.8 Å². The largest absolute Gasteiger partial charge is 0.481 e. The zero-order chi connectivity index (χ0) is 27.7. The monoisotopic (exact) mass is 535 g/mol. The van der Waals surface area contributed by atoms with Gasteiger partial charge < -0.3 is 36.9 Å². The van der Waals surface area contributed by atoms with Gasteiger partial charge in [-0.3, -0.25) is 19.2 Å². The number of amides is 3. The zero-order valence-electron chi connectivity index (χ0n) is 20.6. The highest BCUT2D eigenvalue weighted by Gasteiger charge is 2.31. The second-order valence-electron chi connectivity index (χ2n) is 8.78. The molecule has 0 aliphatic heterocycles. The maximum atomic E-state index is 13.1. The predicted octanol–water partition coefficient (Wildman–Crippen LogP) is 0.0273. The van der Waals surface area contributed by atoms with Crippen LogP contribution in [0.25, 0.3) is 10.9 Å². The van der Waals surface area contributed by atoms with Crippen LogP contribution < -0.4 is 21.7 Å². The molecule has 0 aliphatic carbocycles. The van der Waals surface area contributed by atoms with Gasteiger partial charge in [0, 0.05) is 29.3 Å². The Morgan fingerprint density at radius 2 is 1.57 bits per heavy atom. The van der Waals surface area contributed by atoms with Crippen LogP contribution in [0.3, 0.4) is 0 Å². The number of carbonyl (C=O) groups is 5. The van der Waals surface area contributed by atoms with E-state index in [2.05, 4.69) is 33.6 Å². The first-order chi connectivity index (χ1) is 17.5. The highest BCUT2D eigenvalue weighted by atomic mass is 32.1. The molecule has 0 bridgehead atoms. The number of carbonyl (C=O) groups excluding carboxylic acids is 3. The summed E-state index contributed by atoms with van der Waals surface area (Å²) in [7, 11) is 0. The number of H-pyrrole nitrogens is 1. The van der Waals surface area contributed by atoms with E-state index in [1.54, 1.807) is 19.2 Å². The van der Waals surface area contributed by atoms with Gasteiger partial charge in [-0.2, -0.15) is 12.6 Å². The number of nitrogens with one attached hydrogen (secondary N) is 4. The first-order valence-electron chi connectivity index (χ1n) is 11.8. The van der Waals surface area contributed by atoms with Gasteiger partial charge in [-0.25, -0.2) is 4.79 Å². The van der Waals surface area contributed by atoms with E-state index in [1.165, 1.54) is 0 Å². The third kappa shape index (κ3) is 8.22. The SMILES string of the molecule is CCC(C)C(N)C(=O)NC(CS)C(=O)NC(Cc1c[nH]c2ccccc12)C(=O)NC(CC(=O)O)C(=O)O. The molecule has 0 fully saturated rings. The number of fused-ring (bicyclic) bond motifs is 1. The van der Waals surface area contributed by atoms with Crippen LogP contribution in [0.2, 0.25) is 0 Å². The Morgan fingerprint density at radius 3 is 2.16 bits per heavy atom. The van der Waals surface area contributed by atoms with E-state index in [9.17, 15) is 29.1 Å². The number of nitrogens with two attached hydrogens (primary N) is 1. The maximum Gasteiger partial charge on any atom is 0.326 e. The molecule has 0 aliphatic rings. The number of hydrogen-bond acceptors (Lipinski definition) is 7. The number of aliphatic carboxylic acids is 2. The molecule has 13 heteroatoms. The third-order valence-corrected chi connectivity index (χ3v) is 6.47. The molecule has 1 aromatic heterocycles. The molecule has 1 heterocycles. The van der Waals surface area contributed by atoms with Gasteiger partial charge in [-0.05, 0) is 17.5 Å². The molecule has 3 amide bonds. The van der Waals surface area contributed by atoms with Crippen molar-refractivity contribution in [1.29, 1.82) is 0 Å². The standard InChI is InChI=1S/C24H33N5O7S/c1-3-12(2)20(25)23(34)29-18(11-37)22(33)27-16(21(32)28-17(24(35)36)9-19(30)31)8-13-10-26-15-7-5-4-6-14(13)15/h4-7,10,12,16-18,20,26,37H,3,8-9,11,25H2,1-2H3,(H,27,33)(H,28,32)(H,29,34)(H,30,31)(H,35,36). The van der Waals surface area contributed by atoms with Crippen molar-refractivity contribution in [2.24, 2.45) is 11.7 Å². The Balaban J connectivity index is 2.27. The zero-order valence-corrected chi connectivity index (χ0v) is 21.5. The minimum Gasteiger partial charge on any atom is -0.481 e. The van der Waals surface area contributed by atoms with E-state index in [4.69, 9.17) is 10.8 Å². The van der Waals surface area contributed by atoms with Crippen LogP contribution in [0.1, 0.15) is 32.3 Å². The van der Waals surface area contributed by atoms with Crippen molar-refractivity contribution in [3.8, 4) is 0 Å². The molecule has 0 radical (unpaired) electrons. The number of carboxylic acids is 2. The number of rotatable bonds is 14. The number of hydrogen-bond donors (Lipinski definition) is 8. The summed E-state index contributed by atoms with van der Waals surface area (Å²) in [4.78, 5) is 64.3. The van der Waals surface area contributed by atoms with E-state index in [0.29, 0.717) is 12.0 Å². The lowest BCUT2D eigenvalue weighted by Gasteiger charge is -2.25. The molecule has 0 saturated heterocycles. The molecule has 8 N–H and O–H groups in total. The van der Waals surface area contributed by atoms with Gasteiger partial charge in [0.2, 0.25) is 17.7 Å². The smallest absolute Gasteiger partial charge is 0.326 e. The van der Waals surface area contributed by atoms with Crippen molar-refractivity contribution < 1.29 is 34.2 Å². The summed E-state index contributed by atoms with van der Waals surface area (Å²) in [6.45, 7) is 3.68. The van der Waals surface area contributed by atoms with Gasteiger partial charge in [0.15, 0.2) is 0 Å². The van der Waals surface area contributed by atoms with E-state index < -0.39 is 60.2 Å². The Morgan fingerprint density at radius 1 is 0.973 bits per heavy atom. The normalized spacial score (nSPS) is 15.1. The fraction of sp³-hybridized carbons (Fsp3) is 0.458. The van der Waals surface area contributed by atoms with Crippen molar-refractivity contribution in [2.45, 2.75) is 57.3 Å². The summed E-state index contributed by atoms with van der Waals surface area (Å²) in [5.74, 6) is -5.35. The van der Waals surface area contributed by atoms with Crippen LogP contribution in [0.5, 0.6) is 0 Å². The summed E-state index contributed by atoms with van der Waals surface area (Å²) in [5, 5.41) is 26.4. The molecule has 0 saturated carbocycles. The molecule has 0 spiro atoms. The van der Waals surface area contributed by atoms with Gasteiger partial charge in [0.25, 0.3) is 0 Å². The summed E-state index contributed by atoms with van der Waals surface area (Å²) < 4.78 is 0. The number of carboxylic acid groups (broad SMARTS) is 2. The fourth-order valence-electron chi connectivity index (χ4n) is 3.62. The fourth-order valence-corrected chi connectivity index (χ4v) is 3.88. The molecular weight excluding hydrogens is 502 g/mol. The molecule has 2 aromatic rings. The molecule has 2 rings (SSSR count). The number of benzene rings is 1. The lowest BCUT2D eigenvalue weighted by atomic mass is 9.99. The Labute approximate surface area is 219 Å². The van der Waals surface area contributed by atoms with Crippen LogP contribution >= 0.6 is 12.6 Å². The van der Waals surface area contributed by atoms with E-state index >= 15 is 0 Å². The second-order valence-corrected chi connectivity index (χ2v) is 9.14.